The number of Topliss-reactive ketones (excluding diaryl/α,β-unsaturated/α-hetero) is 1. The number of nitriles is 1. The van der Waals surface area contributed by atoms with Gasteiger partial charge < -0.3 is 16.8 Å². The number of hydrogen-bond donors (Lipinski definition) is 3. The van der Waals surface area contributed by atoms with Crippen molar-refractivity contribution >= 4 is 39.8 Å². The minimum absolute atomic E-state index is 0.195. The van der Waals surface area contributed by atoms with E-state index in [1.54, 1.807) is 36.7 Å². The van der Waals surface area contributed by atoms with Crippen molar-refractivity contribution in [2.45, 2.75) is 13.3 Å². The van der Waals surface area contributed by atoms with Gasteiger partial charge in [0.25, 0.3) is 11.7 Å². The smallest absolute Gasteiger partial charge is 0.297 e. The molecule has 0 bridgehead atoms. The summed E-state index contributed by atoms with van der Waals surface area (Å²) in [6.45, 7) is 1.87. The fourth-order valence-electron chi connectivity index (χ4n) is 3.35. The molecular weight excluding hydrogens is 418 g/mol. The van der Waals surface area contributed by atoms with Crippen LogP contribution in [0, 0.1) is 18.3 Å². The van der Waals surface area contributed by atoms with Gasteiger partial charge in [-0.25, -0.2) is 9.97 Å². The van der Waals surface area contributed by atoms with Crippen LogP contribution in [0.25, 0.3) is 22.0 Å². The zero-order valence-electron chi connectivity index (χ0n) is 17.7. The number of fused-ring (bicyclic) bond motifs is 1. The van der Waals surface area contributed by atoms with Gasteiger partial charge in [-0.2, -0.15) is 5.26 Å². The van der Waals surface area contributed by atoms with E-state index in [1.807, 2.05) is 13.0 Å². The lowest BCUT2D eigenvalue weighted by molar-refractivity contribution is -0.112. The Kier molecular flexibility index (Phi) is 5.66. The summed E-state index contributed by atoms with van der Waals surface area (Å²) in [5, 5.41) is 12.5. The number of carbonyl (C=O) groups excluding carboxylic acids is 2. The van der Waals surface area contributed by atoms with Crippen LogP contribution in [0.5, 0.6) is 0 Å². The minimum atomic E-state index is -0.826. The van der Waals surface area contributed by atoms with E-state index in [0.29, 0.717) is 22.2 Å². The predicted octanol–water partition coefficient (Wildman–Crippen LogP) is 3.05. The molecule has 0 unspecified atom stereocenters. The summed E-state index contributed by atoms with van der Waals surface area (Å²) in [6, 6.07) is 11.8. The third-order valence-electron chi connectivity index (χ3n) is 5.22. The first-order valence-corrected chi connectivity index (χ1v) is 9.95. The van der Waals surface area contributed by atoms with Gasteiger partial charge in [-0.3, -0.25) is 14.6 Å². The molecule has 0 saturated heterocycles. The second-order valence-electron chi connectivity index (χ2n) is 7.40. The molecule has 0 radical (unpaired) electrons. The lowest BCUT2D eigenvalue weighted by Gasteiger charge is -2.11. The van der Waals surface area contributed by atoms with Crippen molar-refractivity contribution in [1.29, 1.82) is 5.26 Å². The van der Waals surface area contributed by atoms with Crippen LogP contribution in [0.3, 0.4) is 0 Å². The molecule has 162 valence electrons. The zero-order valence-corrected chi connectivity index (χ0v) is 17.7. The Hall–Kier alpha value is -4.84. The van der Waals surface area contributed by atoms with Gasteiger partial charge in [-0.15, -0.1) is 0 Å². The molecule has 0 aliphatic carbocycles. The highest BCUT2D eigenvalue weighted by molar-refractivity contribution is 6.46. The number of anilines is 3. The molecule has 0 fully saturated rings. The third-order valence-corrected chi connectivity index (χ3v) is 5.22. The van der Waals surface area contributed by atoms with E-state index in [9.17, 15) is 9.59 Å². The van der Waals surface area contributed by atoms with Crippen LogP contribution in [-0.2, 0) is 11.2 Å². The Bertz CT molecular complexity index is 1440. The molecule has 9 heteroatoms. The standard InChI is InChI=1S/C24H19N7O2/c1-13-17(10-28-12-19(13)26)20-8-16-9-21(29-11-18(16)23(27)30-20)31-24(33)22(32)15-4-2-14(3-5-15)6-7-25/h2-5,8-12H,6,26H2,1H3,(H2,27,30)(H,29,31,33). The first-order chi connectivity index (χ1) is 15.9. The molecule has 1 amide bonds. The summed E-state index contributed by atoms with van der Waals surface area (Å²) >= 11 is 0. The molecule has 3 heterocycles. The number of hydrogen-bond acceptors (Lipinski definition) is 8. The number of carbonyl (C=O) groups is 2. The number of nitrogens with two attached hydrogens (primary N) is 2. The molecule has 0 atom stereocenters. The van der Waals surface area contributed by atoms with E-state index in [4.69, 9.17) is 16.7 Å². The zero-order chi connectivity index (χ0) is 23.5. The molecule has 9 nitrogen and oxygen atoms in total. The molecule has 0 spiro atoms. The monoisotopic (exact) mass is 437 g/mol. The highest BCUT2D eigenvalue weighted by Gasteiger charge is 2.18. The van der Waals surface area contributed by atoms with Crippen LogP contribution in [0.2, 0.25) is 0 Å². The largest absolute Gasteiger partial charge is 0.397 e. The summed E-state index contributed by atoms with van der Waals surface area (Å²) in [4.78, 5) is 37.7. The summed E-state index contributed by atoms with van der Waals surface area (Å²) in [7, 11) is 0. The SMILES string of the molecule is Cc1c(N)cncc1-c1cc2cc(NC(=O)C(=O)c3ccc(CC#N)cc3)ncc2c(N)n1. The van der Waals surface area contributed by atoms with Gasteiger partial charge in [-0.05, 0) is 35.6 Å². The normalized spacial score (nSPS) is 10.5. The van der Waals surface area contributed by atoms with Crippen molar-refractivity contribution in [1.82, 2.24) is 15.0 Å². The Labute approximate surface area is 189 Å². The van der Waals surface area contributed by atoms with Crippen molar-refractivity contribution in [2.24, 2.45) is 0 Å². The van der Waals surface area contributed by atoms with Crippen LogP contribution in [0.4, 0.5) is 17.3 Å². The van der Waals surface area contributed by atoms with Crippen LogP contribution >= 0.6 is 0 Å². The number of ketones is 1. The van der Waals surface area contributed by atoms with Gasteiger partial charge in [0.1, 0.15) is 11.6 Å². The number of nitrogen functional groups attached to an aromatic ring is 2. The number of aromatic nitrogens is 3. The summed E-state index contributed by atoms with van der Waals surface area (Å²) in [5.41, 5.74) is 15.7. The molecule has 0 saturated carbocycles. The Balaban J connectivity index is 1.62. The van der Waals surface area contributed by atoms with Crippen LogP contribution < -0.4 is 16.8 Å². The Morgan fingerprint density at radius 3 is 2.58 bits per heavy atom. The average Bonchev–Trinajstić information content (AvgIpc) is 2.81. The van der Waals surface area contributed by atoms with Crippen molar-refractivity contribution in [3.8, 4) is 17.3 Å². The Morgan fingerprint density at radius 1 is 1.09 bits per heavy atom. The second-order valence-corrected chi connectivity index (χ2v) is 7.40. The van der Waals surface area contributed by atoms with Crippen molar-refractivity contribution in [3.05, 3.63) is 71.7 Å². The summed E-state index contributed by atoms with van der Waals surface area (Å²) in [5.74, 6) is -1.08. The van der Waals surface area contributed by atoms with E-state index in [2.05, 4.69) is 20.3 Å². The molecule has 0 aliphatic rings. The van der Waals surface area contributed by atoms with Gasteiger partial charge in [-0.1, -0.05) is 24.3 Å². The first kappa shape index (κ1) is 21.4. The molecule has 0 aliphatic heterocycles. The van der Waals surface area contributed by atoms with E-state index < -0.39 is 11.7 Å². The number of nitrogens with one attached hydrogen (secondary N) is 1. The topological polar surface area (TPSA) is 161 Å². The summed E-state index contributed by atoms with van der Waals surface area (Å²) in [6.07, 6.45) is 4.94. The molecule has 5 N–H and O–H groups in total. The van der Waals surface area contributed by atoms with E-state index in [1.165, 1.54) is 18.3 Å². The molecule has 33 heavy (non-hydrogen) atoms. The molecule has 4 aromatic rings. The van der Waals surface area contributed by atoms with Gasteiger partial charge >= 0.3 is 0 Å². The Morgan fingerprint density at radius 2 is 1.85 bits per heavy atom. The van der Waals surface area contributed by atoms with E-state index >= 15 is 0 Å². The fourth-order valence-corrected chi connectivity index (χ4v) is 3.35. The fraction of sp³-hybridized carbons (Fsp3) is 0.0833. The van der Waals surface area contributed by atoms with Crippen LogP contribution in [0.1, 0.15) is 21.5 Å². The average molecular weight is 437 g/mol. The third kappa shape index (κ3) is 4.31. The first-order valence-electron chi connectivity index (χ1n) is 9.95. The van der Waals surface area contributed by atoms with Gasteiger partial charge in [0.15, 0.2) is 0 Å². The second kappa shape index (κ2) is 8.72. The minimum Gasteiger partial charge on any atom is -0.397 e. The lowest BCUT2D eigenvalue weighted by Crippen LogP contribution is -2.23. The maximum atomic E-state index is 12.5. The van der Waals surface area contributed by atoms with Crippen molar-refractivity contribution in [2.75, 3.05) is 16.8 Å². The summed E-state index contributed by atoms with van der Waals surface area (Å²) < 4.78 is 0. The van der Waals surface area contributed by atoms with E-state index in [-0.39, 0.29) is 23.6 Å². The molecule has 1 aromatic carbocycles. The lowest BCUT2D eigenvalue weighted by atomic mass is 10.0. The molecule has 3 aromatic heterocycles. The van der Waals surface area contributed by atoms with Gasteiger partial charge in [0.2, 0.25) is 0 Å². The quantitative estimate of drug-likeness (QED) is 0.317. The van der Waals surface area contributed by atoms with Crippen LogP contribution in [0.15, 0.2) is 55.0 Å². The van der Waals surface area contributed by atoms with Crippen molar-refractivity contribution < 1.29 is 9.59 Å². The number of pyridine rings is 3. The maximum absolute atomic E-state index is 12.5. The molecule has 4 rings (SSSR count). The molecular formula is C24H19N7O2. The van der Waals surface area contributed by atoms with E-state index in [0.717, 1.165) is 16.7 Å². The number of amides is 1. The predicted molar refractivity (Wildman–Crippen MR) is 125 cm³/mol. The maximum Gasteiger partial charge on any atom is 0.297 e. The number of nitrogens with zero attached hydrogens (tertiary/aromatic N) is 4. The van der Waals surface area contributed by atoms with Gasteiger partial charge in [0.05, 0.1) is 30.1 Å². The highest BCUT2D eigenvalue weighted by Crippen LogP contribution is 2.30. The number of rotatable bonds is 5. The number of benzene rings is 1. The van der Waals surface area contributed by atoms with Crippen molar-refractivity contribution in [3.63, 3.8) is 0 Å². The van der Waals surface area contributed by atoms with Crippen LogP contribution in [-0.4, -0.2) is 26.6 Å². The highest BCUT2D eigenvalue weighted by atomic mass is 16.2. The van der Waals surface area contributed by atoms with Gasteiger partial charge in [0, 0.05) is 28.9 Å².